The molecule has 130 valence electrons. The fraction of sp³-hybridized carbons (Fsp3) is 0.529. The van der Waals surface area contributed by atoms with E-state index >= 15 is 0 Å². The monoisotopic (exact) mass is 335 g/mol. The van der Waals surface area contributed by atoms with Crippen LogP contribution in [0.25, 0.3) is 0 Å². The van der Waals surface area contributed by atoms with E-state index in [2.05, 4.69) is 4.90 Å². The van der Waals surface area contributed by atoms with Gasteiger partial charge in [-0.25, -0.2) is 9.18 Å². The van der Waals surface area contributed by atoms with E-state index in [0.717, 1.165) is 26.1 Å². The number of hydrogen-bond donors (Lipinski definition) is 0. The maximum Gasteiger partial charge on any atom is 0.409 e. The first kappa shape index (κ1) is 16.7. The van der Waals surface area contributed by atoms with E-state index in [1.165, 1.54) is 12.1 Å². The van der Waals surface area contributed by atoms with Crippen molar-refractivity contribution in [3.05, 3.63) is 35.6 Å². The molecule has 0 atom stereocenters. The molecule has 24 heavy (non-hydrogen) atoms. The number of cyclic esters (lactones) is 1. The number of carbonyl (C=O) groups is 2. The van der Waals surface area contributed by atoms with Crippen LogP contribution in [0.2, 0.25) is 0 Å². The second kappa shape index (κ2) is 7.61. The molecule has 3 rings (SSSR count). The van der Waals surface area contributed by atoms with Crippen molar-refractivity contribution < 1.29 is 18.7 Å². The van der Waals surface area contributed by atoms with Gasteiger partial charge in [-0.1, -0.05) is 6.07 Å². The lowest BCUT2D eigenvalue weighted by molar-refractivity contribution is 0.0760. The zero-order valence-electron chi connectivity index (χ0n) is 13.6. The highest BCUT2D eigenvalue weighted by Crippen LogP contribution is 2.11. The quantitative estimate of drug-likeness (QED) is 0.835. The van der Waals surface area contributed by atoms with Crippen LogP contribution >= 0.6 is 0 Å². The Morgan fingerprint density at radius 1 is 1.12 bits per heavy atom. The highest BCUT2D eigenvalue weighted by Gasteiger charge is 2.24. The molecule has 0 bridgehead atoms. The van der Waals surface area contributed by atoms with Crippen molar-refractivity contribution in [2.45, 2.75) is 6.42 Å². The maximum atomic E-state index is 13.3. The summed E-state index contributed by atoms with van der Waals surface area (Å²) in [6.45, 7) is 5.45. The molecule has 2 aliphatic heterocycles. The van der Waals surface area contributed by atoms with E-state index in [-0.39, 0.29) is 12.0 Å². The van der Waals surface area contributed by atoms with Crippen LogP contribution < -0.4 is 0 Å². The molecule has 2 amide bonds. The molecule has 0 aromatic heterocycles. The number of nitrogens with zero attached hydrogens (tertiary/aromatic N) is 3. The molecule has 2 fully saturated rings. The molecule has 1 aromatic rings. The molecule has 0 saturated carbocycles. The van der Waals surface area contributed by atoms with Gasteiger partial charge >= 0.3 is 6.09 Å². The lowest BCUT2D eigenvalue weighted by atomic mass is 10.2. The Bertz CT molecular complexity index is 610. The largest absolute Gasteiger partial charge is 0.448 e. The van der Waals surface area contributed by atoms with Crippen molar-refractivity contribution in [1.29, 1.82) is 0 Å². The molecule has 0 radical (unpaired) electrons. The molecule has 0 N–H and O–H groups in total. The van der Waals surface area contributed by atoms with Gasteiger partial charge in [-0.15, -0.1) is 0 Å². The minimum atomic E-state index is -0.394. The van der Waals surface area contributed by atoms with E-state index in [1.54, 1.807) is 21.9 Å². The van der Waals surface area contributed by atoms with Crippen molar-refractivity contribution >= 4 is 12.0 Å². The fourth-order valence-corrected chi connectivity index (χ4v) is 3.09. The second-order valence-electron chi connectivity index (χ2n) is 6.10. The summed E-state index contributed by atoms with van der Waals surface area (Å²) in [4.78, 5) is 29.7. The third kappa shape index (κ3) is 4.03. The molecule has 2 aliphatic rings. The Labute approximate surface area is 140 Å². The first-order chi connectivity index (χ1) is 11.6. The molecule has 1 aromatic carbocycles. The molecule has 7 heteroatoms. The van der Waals surface area contributed by atoms with E-state index < -0.39 is 5.82 Å². The molecule has 2 heterocycles. The minimum Gasteiger partial charge on any atom is -0.448 e. The Kier molecular flexibility index (Phi) is 5.30. The van der Waals surface area contributed by atoms with E-state index in [1.807, 2.05) is 0 Å². The summed E-state index contributed by atoms with van der Waals surface area (Å²) in [5.41, 5.74) is 0.392. The van der Waals surface area contributed by atoms with Crippen LogP contribution in [0.5, 0.6) is 0 Å². The van der Waals surface area contributed by atoms with Gasteiger partial charge in [0.25, 0.3) is 5.91 Å². The van der Waals surface area contributed by atoms with Crippen LogP contribution in [-0.2, 0) is 4.74 Å². The highest BCUT2D eigenvalue weighted by molar-refractivity contribution is 5.94. The number of benzene rings is 1. The van der Waals surface area contributed by atoms with Crippen LogP contribution in [-0.4, -0.2) is 79.1 Å². The van der Waals surface area contributed by atoms with Crippen molar-refractivity contribution in [3.8, 4) is 0 Å². The number of rotatable bonds is 4. The van der Waals surface area contributed by atoms with E-state index in [0.29, 0.717) is 38.3 Å². The highest BCUT2D eigenvalue weighted by atomic mass is 19.1. The number of amides is 2. The van der Waals surface area contributed by atoms with Crippen LogP contribution in [0, 0.1) is 5.82 Å². The summed E-state index contributed by atoms with van der Waals surface area (Å²) in [6, 6.07) is 5.82. The predicted molar refractivity (Wildman–Crippen MR) is 86.3 cm³/mol. The van der Waals surface area contributed by atoms with E-state index in [9.17, 15) is 14.0 Å². The molecule has 0 spiro atoms. The Hall–Kier alpha value is -2.15. The average molecular weight is 335 g/mol. The Balaban J connectivity index is 1.51. The lowest BCUT2D eigenvalue weighted by Crippen LogP contribution is -2.38. The number of halogens is 1. The van der Waals surface area contributed by atoms with Crippen LogP contribution in [0.15, 0.2) is 24.3 Å². The molecule has 0 aliphatic carbocycles. The van der Waals surface area contributed by atoms with E-state index in [4.69, 9.17) is 4.74 Å². The number of carbonyl (C=O) groups excluding carboxylic acids is 2. The van der Waals surface area contributed by atoms with Gasteiger partial charge in [0, 0.05) is 38.3 Å². The fourth-order valence-electron chi connectivity index (χ4n) is 3.09. The number of hydrogen-bond acceptors (Lipinski definition) is 4. The summed E-state index contributed by atoms with van der Waals surface area (Å²) in [5, 5.41) is 0. The normalized spacial score (nSPS) is 19.3. The zero-order valence-corrected chi connectivity index (χ0v) is 13.6. The maximum absolute atomic E-state index is 13.3. The summed E-state index contributed by atoms with van der Waals surface area (Å²) >= 11 is 0. The van der Waals surface area contributed by atoms with Gasteiger partial charge in [0.1, 0.15) is 12.4 Å². The molecular formula is C17H22FN3O3. The van der Waals surface area contributed by atoms with Gasteiger partial charge in [-0.2, -0.15) is 0 Å². The van der Waals surface area contributed by atoms with Crippen LogP contribution in [0.4, 0.5) is 9.18 Å². The van der Waals surface area contributed by atoms with Crippen molar-refractivity contribution in [2.24, 2.45) is 0 Å². The SMILES string of the molecule is O=C1OCCN1CCN1CCCN(C(=O)c2cccc(F)c2)CC1. The van der Waals surface area contributed by atoms with Gasteiger partial charge in [-0.05, 0) is 31.2 Å². The van der Waals surface area contributed by atoms with Gasteiger partial charge in [0.2, 0.25) is 0 Å². The first-order valence-electron chi connectivity index (χ1n) is 8.32. The lowest BCUT2D eigenvalue weighted by Gasteiger charge is -2.23. The standard InChI is InChI=1S/C17H22FN3O3/c18-15-4-1-3-14(13-15)16(22)20-6-2-5-19(7-9-20)8-10-21-11-12-24-17(21)23/h1,3-4,13H,2,5-12H2. The topological polar surface area (TPSA) is 53.1 Å². The smallest absolute Gasteiger partial charge is 0.409 e. The van der Waals surface area contributed by atoms with Gasteiger partial charge in [0.05, 0.1) is 6.54 Å². The van der Waals surface area contributed by atoms with Gasteiger partial charge < -0.3 is 14.5 Å². The third-order valence-electron chi connectivity index (χ3n) is 4.48. The summed E-state index contributed by atoms with van der Waals surface area (Å²) < 4.78 is 18.2. The van der Waals surface area contributed by atoms with Crippen LogP contribution in [0.3, 0.4) is 0 Å². The number of ether oxygens (including phenoxy) is 1. The second-order valence-corrected chi connectivity index (χ2v) is 6.10. The summed E-state index contributed by atoms with van der Waals surface area (Å²) in [5.74, 6) is -0.519. The van der Waals surface area contributed by atoms with Crippen molar-refractivity contribution in [1.82, 2.24) is 14.7 Å². The average Bonchev–Trinajstić information content (AvgIpc) is 2.84. The van der Waals surface area contributed by atoms with Crippen molar-refractivity contribution in [2.75, 3.05) is 52.4 Å². The Morgan fingerprint density at radius 3 is 2.75 bits per heavy atom. The molecule has 6 nitrogen and oxygen atoms in total. The minimum absolute atomic E-state index is 0.125. The molecule has 0 unspecified atom stereocenters. The van der Waals surface area contributed by atoms with Crippen LogP contribution in [0.1, 0.15) is 16.8 Å². The van der Waals surface area contributed by atoms with Gasteiger partial charge in [-0.3, -0.25) is 9.69 Å². The zero-order chi connectivity index (χ0) is 16.9. The summed E-state index contributed by atoms with van der Waals surface area (Å²) in [7, 11) is 0. The summed E-state index contributed by atoms with van der Waals surface area (Å²) in [6.07, 6.45) is 0.624. The third-order valence-corrected chi connectivity index (χ3v) is 4.48. The van der Waals surface area contributed by atoms with Crippen molar-refractivity contribution in [3.63, 3.8) is 0 Å². The Morgan fingerprint density at radius 2 is 2.00 bits per heavy atom. The first-order valence-corrected chi connectivity index (χ1v) is 8.32. The predicted octanol–water partition coefficient (Wildman–Crippen LogP) is 1.43. The molecular weight excluding hydrogens is 313 g/mol. The van der Waals surface area contributed by atoms with Gasteiger partial charge in [0.15, 0.2) is 0 Å². The molecule has 2 saturated heterocycles.